The molecule has 0 aromatic carbocycles. The first kappa shape index (κ1) is 10.8. The molecule has 1 rings (SSSR count). The minimum absolute atomic E-state index is 0.160. The SMILES string of the molecule is CN(C)C(=O)NCc1nn(C)cc1Cl. The summed E-state index contributed by atoms with van der Waals surface area (Å²) in [5.41, 5.74) is 0.671. The lowest BCUT2D eigenvalue weighted by molar-refractivity contribution is 0.217. The third-order valence-electron chi connectivity index (χ3n) is 1.67. The fourth-order valence-corrected chi connectivity index (χ4v) is 1.19. The van der Waals surface area contributed by atoms with E-state index in [-0.39, 0.29) is 6.03 Å². The molecule has 0 aliphatic heterocycles. The lowest BCUT2D eigenvalue weighted by Gasteiger charge is -2.10. The van der Waals surface area contributed by atoms with Crippen molar-refractivity contribution < 1.29 is 4.79 Å². The quantitative estimate of drug-likeness (QED) is 0.797. The van der Waals surface area contributed by atoms with E-state index in [1.807, 2.05) is 0 Å². The Balaban J connectivity index is 2.54. The molecule has 0 fully saturated rings. The maximum Gasteiger partial charge on any atom is 0.317 e. The predicted octanol–water partition coefficient (Wildman–Crippen LogP) is 0.845. The average molecular weight is 217 g/mol. The van der Waals surface area contributed by atoms with E-state index in [1.165, 1.54) is 4.90 Å². The van der Waals surface area contributed by atoms with Gasteiger partial charge in [-0.05, 0) is 0 Å². The first-order valence-corrected chi connectivity index (χ1v) is 4.51. The summed E-state index contributed by atoms with van der Waals surface area (Å²) in [5, 5.41) is 7.33. The van der Waals surface area contributed by atoms with Crippen LogP contribution in [0.3, 0.4) is 0 Å². The average Bonchev–Trinajstić information content (AvgIpc) is 2.40. The van der Waals surface area contributed by atoms with Crippen molar-refractivity contribution >= 4 is 17.6 Å². The van der Waals surface area contributed by atoms with Crippen molar-refractivity contribution in [3.05, 3.63) is 16.9 Å². The van der Waals surface area contributed by atoms with Gasteiger partial charge >= 0.3 is 6.03 Å². The van der Waals surface area contributed by atoms with Crippen LogP contribution in [0.5, 0.6) is 0 Å². The second kappa shape index (κ2) is 4.32. The van der Waals surface area contributed by atoms with Crippen LogP contribution in [-0.2, 0) is 13.6 Å². The van der Waals surface area contributed by atoms with Gasteiger partial charge in [0.1, 0.15) is 5.69 Å². The van der Waals surface area contributed by atoms with Crippen molar-refractivity contribution in [2.75, 3.05) is 14.1 Å². The molecule has 0 spiro atoms. The number of hydrogen-bond donors (Lipinski definition) is 1. The van der Waals surface area contributed by atoms with Gasteiger partial charge in [-0.25, -0.2) is 4.79 Å². The Morgan fingerprint density at radius 1 is 1.71 bits per heavy atom. The maximum atomic E-state index is 11.2. The van der Waals surface area contributed by atoms with Gasteiger partial charge in [-0.15, -0.1) is 0 Å². The predicted molar refractivity (Wildman–Crippen MR) is 54.1 cm³/mol. The Kier molecular flexibility index (Phi) is 3.35. The fraction of sp³-hybridized carbons (Fsp3) is 0.500. The topological polar surface area (TPSA) is 50.2 Å². The van der Waals surface area contributed by atoms with Gasteiger partial charge in [-0.2, -0.15) is 5.10 Å². The van der Waals surface area contributed by atoms with Crippen molar-refractivity contribution in [3.8, 4) is 0 Å². The summed E-state index contributed by atoms with van der Waals surface area (Å²) in [4.78, 5) is 12.6. The highest BCUT2D eigenvalue weighted by molar-refractivity contribution is 6.31. The van der Waals surface area contributed by atoms with E-state index in [0.29, 0.717) is 17.3 Å². The summed E-state index contributed by atoms with van der Waals surface area (Å²) in [6.07, 6.45) is 1.69. The number of carbonyl (C=O) groups is 1. The summed E-state index contributed by atoms with van der Waals surface area (Å²) < 4.78 is 1.61. The number of nitrogens with zero attached hydrogens (tertiary/aromatic N) is 3. The van der Waals surface area contributed by atoms with E-state index in [2.05, 4.69) is 10.4 Å². The van der Waals surface area contributed by atoms with Crippen molar-refractivity contribution in [2.45, 2.75) is 6.54 Å². The molecule has 5 nitrogen and oxygen atoms in total. The number of rotatable bonds is 2. The van der Waals surface area contributed by atoms with Crippen LogP contribution in [0, 0.1) is 0 Å². The van der Waals surface area contributed by atoms with Crippen LogP contribution in [0.2, 0.25) is 5.02 Å². The second-order valence-corrected chi connectivity index (χ2v) is 3.56. The number of urea groups is 1. The van der Waals surface area contributed by atoms with Crippen LogP contribution >= 0.6 is 11.6 Å². The summed E-state index contributed by atoms with van der Waals surface area (Å²) in [7, 11) is 5.13. The van der Waals surface area contributed by atoms with Crippen molar-refractivity contribution in [3.63, 3.8) is 0 Å². The zero-order chi connectivity index (χ0) is 10.7. The van der Waals surface area contributed by atoms with Crippen LogP contribution in [0.15, 0.2) is 6.20 Å². The maximum absolute atomic E-state index is 11.2. The van der Waals surface area contributed by atoms with Crippen molar-refractivity contribution in [1.82, 2.24) is 20.0 Å². The Hall–Kier alpha value is -1.23. The smallest absolute Gasteiger partial charge is 0.317 e. The molecule has 0 aliphatic carbocycles. The summed E-state index contributed by atoms with van der Waals surface area (Å²) >= 11 is 5.86. The molecule has 1 aromatic heterocycles. The van der Waals surface area contributed by atoms with Gasteiger partial charge in [0.2, 0.25) is 0 Å². The Morgan fingerprint density at radius 3 is 2.79 bits per heavy atom. The van der Waals surface area contributed by atoms with Gasteiger partial charge < -0.3 is 10.2 Å². The molecular formula is C8H13ClN4O. The first-order valence-electron chi connectivity index (χ1n) is 4.14. The molecule has 2 amide bonds. The highest BCUT2D eigenvalue weighted by Crippen LogP contribution is 2.12. The van der Waals surface area contributed by atoms with Gasteiger partial charge in [0.05, 0.1) is 11.6 Å². The van der Waals surface area contributed by atoms with Gasteiger partial charge in [-0.3, -0.25) is 4.68 Å². The number of amides is 2. The number of aromatic nitrogens is 2. The lowest BCUT2D eigenvalue weighted by atomic mass is 10.4. The molecule has 14 heavy (non-hydrogen) atoms. The van der Waals surface area contributed by atoms with E-state index < -0.39 is 0 Å². The number of halogens is 1. The molecule has 1 aromatic rings. The van der Waals surface area contributed by atoms with Crippen molar-refractivity contribution in [2.24, 2.45) is 7.05 Å². The van der Waals surface area contributed by atoms with Crippen LogP contribution in [0.25, 0.3) is 0 Å². The van der Waals surface area contributed by atoms with Crippen LogP contribution in [0.1, 0.15) is 5.69 Å². The van der Waals surface area contributed by atoms with E-state index in [4.69, 9.17) is 11.6 Å². The Bertz CT molecular complexity index is 334. The summed E-state index contributed by atoms with van der Waals surface area (Å²) in [5.74, 6) is 0. The third kappa shape index (κ3) is 2.63. The molecule has 0 bridgehead atoms. The molecule has 1 heterocycles. The molecule has 0 saturated carbocycles. The van der Waals surface area contributed by atoms with Gasteiger partial charge in [0, 0.05) is 27.3 Å². The molecule has 0 atom stereocenters. The molecule has 0 saturated heterocycles. The number of aryl methyl sites for hydroxylation is 1. The largest absolute Gasteiger partial charge is 0.332 e. The van der Waals surface area contributed by atoms with E-state index in [9.17, 15) is 4.79 Å². The fourth-order valence-electron chi connectivity index (χ4n) is 0.943. The van der Waals surface area contributed by atoms with E-state index in [1.54, 1.807) is 32.0 Å². The zero-order valence-electron chi connectivity index (χ0n) is 8.41. The van der Waals surface area contributed by atoms with Gasteiger partial charge in [0.25, 0.3) is 0 Å². The van der Waals surface area contributed by atoms with Crippen LogP contribution in [-0.4, -0.2) is 34.8 Å². The van der Waals surface area contributed by atoms with Crippen LogP contribution < -0.4 is 5.32 Å². The van der Waals surface area contributed by atoms with Crippen LogP contribution in [0.4, 0.5) is 4.79 Å². The van der Waals surface area contributed by atoms with E-state index in [0.717, 1.165) is 0 Å². The van der Waals surface area contributed by atoms with Gasteiger partial charge in [-0.1, -0.05) is 11.6 Å². The monoisotopic (exact) mass is 216 g/mol. The molecule has 6 heteroatoms. The molecular weight excluding hydrogens is 204 g/mol. The highest BCUT2D eigenvalue weighted by atomic mass is 35.5. The molecule has 0 radical (unpaired) electrons. The normalized spacial score (nSPS) is 10.0. The molecule has 0 unspecified atom stereocenters. The number of nitrogens with one attached hydrogen (secondary N) is 1. The molecule has 0 aliphatic rings. The number of hydrogen-bond acceptors (Lipinski definition) is 2. The minimum Gasteiger partial charge on any atom is -0.332 e. The van der Waals surface area contributed by atoms with Crippen molar-refractivity contribution in [1.29, 1.82) is 0 Å². The third-order valence-corrected chi connectivity index (χ3v) is 1.98. The Labute approximate surface area is 87.6 Å². The minimum atomic E-state index is -0.160. The lowest BCUT2D eigenvalue weighted by Crippen LogP contribution is -2.34. The Morgan fingerprint density at radius 2 is 2.36 bits per heavy atom. The van der Waals surface area contributed by atoms with Gasteiger partial charge in [0.15, 0.2) is 0 Å². The summed E-state index contributed by atoms with van der Waals surface area (Å²) in [6, 6.07) is -0.160. The van der Waals surface area contributed by atoms with E-state index >= 15 is 0 Å². The summed E-state index contributed by atoms with van der Waals surface area (Å²) in [6.45, 7) is 0.344. The zero-order valence-corrected chi connectivity index (χ0v) is 9.17. The second-order valence-electron chi connectivity index (χ2n) is 3.15. The number of carbonyl (C=O) groups excluding carboxylic acids is 1. The standard InChI is InChI=1S/C8H13ClN4O/c1-12(2)8(14)10-4-7-6(9)5-13(3)11-7/h5H,4H2,1-3H3,(H,10,14). The highest BCUT2D eigenvalue weighted by Gasteiger charge is 2.07. The molecule has 1 N–H and O–H groups in total. The first-order chi connectivity index (χ1) is 6.50. The molecule has 78 valence electrons.